The van der Waals surface area contributed by atoms with Crippen molar-refractivity contribution in [2.45, 2.75) is 47.5 Å². The van der Waals surface area contributed by atoms with Crippen LogP contribution in [0.15, 0.2) is 36.8 Å². The van der Waals surface area contributed by atoms with E-state index in [-0.39, 0.29) is 0 Å². The van der Waals surface area contributed by atoms with Gasteiger partial charge in [0.2, 0.25) is 0 Å². The Morgan fingerprint density at radius 3 is 1.82 bits per heavy atom. The molecule has 1 rings (SSSR count). The Balaban J connectivity index is 2.29. The summed E-state index contributed by atoms with van der Waals surface area (Å²) in [6.45, 7) is 14.5. The second-order valence-corrected chi connectivity index (χ2v) is 7.36. The minimum Gasteiger partial charge on any atom is -0.501 e. The molecular weight excluding hydrogens is 352 g/mol. The first-order valence-corrected chi connectivity index (χ1v) is 10.4. The Kier molecular flexibility index (Phi) is 13.2. The number of allylic oxidation sites excluding steroid dienone is 2. The highest BCUT2D eigenvalue weighted by atomic mass is 16.5. The second-order valence-electron chi connectivity index (χ2n) is 7.36. The number of hydrogen-bond donors (Lipinski definition) is 0. The molecule has 0 fully saturated rings. The molecule has 0 saturated heterocycles. The molecule has 1 aromatic rings. The van der Waals surface area contributed by atoms with E-state index in [9.17, 15) is 0 Å². The summed E-state index contributed by atoms with van der Waals surface area (Å²) >= 11 is 0. The van der Waals surface area contributed by atoms with Gasteiger partial charge in [0.1, 0.15) is 6.61 Å². The molecule has 0 radical (unpaired) electrons. The van der Waals surface area contributed by atoms with Crippen LogP contribution in [0, 0.1) is 5.92 Å². The van der Waals surface area contributed by atoms with E-state index in [4.69, 9.17) is 18.9 Å². The lowest BCUT2D eigenvalue weighted by Crippen LogP contribution is -2.08. The SMILES string of the molecule is CCCCOCCOCCOC=C(C)c1ccc(C(C)=COCC(C)C)cc1. The van der Waals surface area contributed by atoms with Gasteiger partial charge in [-0.3, -0.25) is 0 Å². The van der Waals surface area contributed by atoms with Gasteiger partial charge < -0.3 is 18.9 Å². The quantitative estimate of drug-likeness (QED) is 0.275. The highest BCUT2D eigenvalue weighted by Crippen LogP contribution is 2.19. The van der Waals surface area contributed by atoms with Gasteiger partial charge in [-0.2, -0.15) is 0 Å². The van der Waals surface area contributed by atoms with Crippen molar-refractivity contribution in [1.82, 2.24) is 0 Å². The van der Waals surface area contributed by atoms with Crippen LogP contribution in [0.5, 0.6) is 0 Å². The monoisotopic (exact) mass is 390 g/mol. The maximum Gasteiger partial charge on any atom is 0.111 e. The van der Waals surface area contributed by atoms with Crippen molar-refractivity contribution in [2.24, 2.45) is 5.92 Å². The van der Waals surface area contributed by atoms with Gasteiger partial charge in [-0.1, -0.05) is 51.5 Å². The second kappa shape index (κ2) is 15.2. The molecule has 0 heterocycles. The Bertz CT molecular complexity index is 573. The zero-order chi connectivity index (χ0) is 20.6. The fourth-order valence-electron chi connectivity index (χ4n) is 2.36. The molecule has 0 amide bonds. The highest BCUT2D eigenvalue weighted by Gasteiger charge is 2.00. The summed E-state index contributed by atoms with van der Waals surface area (Å²) in [6, 6.07) is 8.43. The molecule has 0 aliphatic rings. The zero-order valence-corrected chi connectivity index (χ0v) is 18.3. The summed E-state index contributed by atoms with van der Waals surface area (Å²) < 4.78 is 22.1. The van der Waals surface area contributed by atoms with Crippen LogP contribution in [0.4, 0.5) is 0 Å². The van der Waals surface area contributed by atoms with Gasteiger partial charge >= 0.3 is 0 Å². The molecule has 0 saturated carbocycles. The summed E-state index contributed by atoms with van der Waals surface area (Å²) in [5, 5.41) is 0. The smallest absolute Gasteiger partial charge is 0.111 e. The van der Waals surface area contributed by atoms with Gasteiger partial charge in [0.25, 0.3) is 0 Å². The molecule has 158 valence electrons. The van der Waals surface area contributed by atoms with Crippen LogP contribution >= 0.6 is 0 Å². The zero-order valence-electron chi connectivity index (χ0n) is 18.3. The van der Waals surface area contributed by atoms with E-state index in [1.807, 2.05) is 13.2 Å². The first-order chi connectivity index (χ1) is 13.5. The molecule has 0 spiro atoms. The molecule has 0 aliphatic heterocycles. The number of hydrogen-bond acceptors (Lipinski definition) is 4. The Morgan fingerprint density at radius 2 is 1.29 bits per heavy atom. The summed E-state index contributed by atoms with van der Waals surface area (Å²) in [4.78, 5) is 0. The third kappa shape index (κ3) is 11.2. The fourth-order valence-corrected chi connectivity index (χ4v) is 2.36. The third-order valence-corrected chi connectivity index (χ3v) is 4.11. The van der Waals surface area contributed by atoms with Crippen LogP contribution in [-0.2, 0) is 18.9 Å². The largest absolute Gasteiger partial charge is 0.501 e. The molecule has 0 aliphatic carbocycles. The van der Waals surface area contributed by atoms with Crippen molar-refractivity contribution in [1.29, 1.82) is 0 Å². The molecule has 0 aromatic heterocycles. The molecule has 28 heavy (non-hydrogen) atoms. The minimum atomic E-state index is 0.531. The summed E-state index contributed by atoms with van der Waals surface area (Å²) in [5.41, 5.74) is 4.52. The van der Waals surface area contributed by atoms with Gasteiger partial charge in [0, 0.05) is 6.61 Å². The van der Waals surface area contributed by atoms with Crippen molar-refractivity contribution in [3.8, 4) is 0 Å². The minimum absolute atomic E-state index is 0.531. The van der Waals surface area contributed by atoms with E-state index in [0.29, 0.717) is 32.3 Å². The lowest BCUT2D eigenvalue weighted by molar-refractivity contribution is 0.0300. The summed E-state index contributed by atoms with van der Waals surface area (Å²) in [6.07, 6.45) is 5.91. The first kappa shape index (κ1) is 24.3. The van der Waals surface area contributed by atoms with E-state index >= 15 is 0 Å². The van der Waals surface area contributed by atoms with Crippen molar-refractivity contribution in [3.05, 3.63) is 47.9 Å². The Hall–Kier alpha value is -1.78. The summed E-state index contributed by atoms with van der Waals surface area (Å²) in [5.74, 6) is 0.531. The predicted octanol–water partition coefficient (Wildman–Crippen LogP) is 5.93. The van der Waals surface area contributed by atoms with E-state index < -0.39 is 0 Å². The summed E-state index contributed by atoms with van der Waals surface area (Å²) in [7, 11) is 0. The Labute approximate surface area is 171 Å². The number of unbranched alkanes of at least 4 members (excludes halogenated alkanes) is 1. The fraction of sp³-hybridized carbons (Fsp3) is 0.583. The van der Waals surface area contributed by atoms with Crippen LogP contribution in [0.3, 0.4) is 0 Å². The first-order valence-electron chi connectivity index (χ1n) is 10.4. The maximum atomic E-state index is 5.59. The van der Waals surface area contributed by atoms with Crippen LogP contribution in [-0.4, -0.2) is 39.6 Å². The third-order valence-electron chi connectivity index (χ3n) is 4.11. The molecule has 4 heteroatoms. The van der Waals surface area contributed by atoms with Gasteiger partial charge in [-0.25, -0.2) is 0 Å². The average Bonchev–Trinajstić information content (AvgIpc) is 2.69. The lowest BCUT2D eigenvalue weighted by Gasteiger charge is -2.08. The lowest BCUT2D eigenvalue weighted by atomic mass is 10.0. The Morgan fingerprint density at radius 1 is 0.786 bits per heavy atom. The average molecular weight is 391 g/mol. The maximum absolute atomic E-state index is 5.59. The van der Waals surface area contributed by atoms with Crippen LogP contribution in [0.2, 0.25) is 0 Å². The molecule has 0 N–H and O–H groups in total. The van der Waals surface area contributed by atoms with E-state index in [2.05, 4.69) is 52.0 Å². The predicted molar refractivity (Wildman–Crippen MR) is 117 cm³/mol. The normalized spacial score (nSPS) is 12.5. The van der Waals surface area contributed by atoms with E-state index in [1.165, 1.54) is 0 Å². The van der Waals surface area contributed by atoms with Crippen molar-refractivity contribution < 1.29 is 18.9 Å². The van der Waals surface area contributed by atoms with E-state index in [1.54, 1.807) is 6.26 Å². The van der Waals surface area contributed by atoms with Crippen molar-refractivity contribution in [3.63, 3.8) is 0 Å². The topological polar surface area (TPSA) is 36.9 Å². The number of ether oxygens (including phenoxy) is 4. The molecule has 1 aromatic carbocycles. The van der Waals surface area contributed by atoms with Crippen LogP contribution in [0.25, 0.3) is 11.1 Å². The molecule has 0 unspecified atom stereocenters. The standard InChI is InChI=1S/C24H38O4/c1-6-7-12-25-13-14-26-15-16-27-18-21(4)23-8-10-24(11-9-23)22(5)19-28-17-20(2)3/h8-11,18-20H,6-7,12-17H2,1-5H3. The molecule has 4 nitrogen and oxygen atoms in total. The van der Waals surface area contributed by atoms with Crippen molar-refractivity contribution in [2.75, 3.05) is 39.6 Å². The van der Waals surface area contributed by atoms with Crippen LogP contribution < -0.4 is 0 Å². The molecule has 0 atom stereocenters. The van der Waals surface area contributed by atoms with E-state index in [0.717, 1.165) is 48.3 Å². The van der Waals surface area contributed by atoms with Gasteiger partial charge in [0.15, 0.2) is 0 Å². The molecular formula is C24H38O4. The highest BCUT2D eigenvalue weighted by molar-refractivity contribution is 5.68. The van der Waals surface area contributed by atoms with Crippen molar-refractivity contribution >= 4 is 11.1 Å². The number of rotatable bonds is 15. The van der Waals surface area contributed by atoms with Crippen LogP contribution in [0.1, 0.15) is 58.6 Å². The number of benzene rings is 1. The van der Waals surface area contributed by atoms with Gasteiger partial charge in [-0.15, -0.1) is 0 Å². The van der Waals surface area contributed by atoms with Gasteiger partial charge in [-0.05, 0) is 48.5 Å². The molecule has 0 bridgehead atoms. The van der Waals surface area contributed by atoms with Gasteiger partial charge in [0.05, 0.1) is 39.0 Å².